The molecule has 0 unspecified atom stereocenters. The van der Waals surface area contributed by atoms with Crippen LogP contribution in [-0.2, 0) is 6.42 Å². The monoisotopic (exact) mass is 203 g/mol. The summed E-state index contributed by atoms with van der Waals surface area (Å²) >= 11 is 0. The smallest absolute Gasteiger partial charge is 0.130 e. The number of hydrogen-bond donors (Lipinski definition) is 1. The average Bonchev–Trinajstić information content (AvgIpc) is 2.29. The highest BCUT2D eigenvalue weighted by atomic mass is 14.9. The summed E-state index contributed by atoms with van der Waals surface area (Å²) in [5.41, 5.74) is 8.41. The second-order valence-electron chi connectivity index (χ2n) is 4.81. The molecule has 3 nitrogen and oxygen atoms in total. The fourth-order valence-corrected chi connectivity index (χ4v) is 3.26. The minimum atomic E-state index is 0.674. The van der Waals surface area contributed by atoms with E-state index < -0.39 is 0 Å². The lowest BCUT2D eigenvalue weighted by Gasteiger charge is -2.36. The van der Waals surface area contributed by atoms with Gasteiger partial charge >= 0.3 is 0 Å². The zero-order valence-corrected chi connectivity index (χ0v) is 8.95. The molecular formula is C12H17N3. The molecule has 2 atom stereocenters. The number of rotatable bonds is 0. The highest BCUT2D eigenvalue weighted by Gasteiger charge is 2.33. The molecule has 0 bridgehead atoms. The van der Waals surface area contributed by atoms with Gasteiger partial charge in [-0.25, -0.2) is 9.97 Å². The lowest BCUT2D eigenvalue weighted by molar-refractivity contribution is 0.270. The fourth-order valence-electron chi connectivity index (χ4n) is 3.26. The Bertz CT molecular complexity index is 375. The first-order valence-corrected chi connectivity index (χ1v) is 5.95. The van der Waals surface area contributed by atoms with Gasteiger partial charge in [-0.3, -0.25) is 0 Å². The Morgan fingerprint density at radius 1 is 1.13 bits per heavy atom. The maximum absolute atomic E-state index is 5.91. The summed E-state index contributed by atoms with van der Waals surface area (Å²) in [6.45, 7) is 0. The van der Waals surface area contributed by atoms with Gasteiger partial charge in [-0.05, 0) is 31.6 Å². The lowest BCUT2D eigenvalue weighted by Crippen LogP contribution is -2.26. The van der Waals surface area contributed by atoms with Crippen LogP contribution >= 0.6 is 0 Å². The Balaban J connectivity index is 2.03. The first-order valence-electron chi connectivity index (χ1n) is 5.95. The highest BCUT2D eigenvalue weighted by Crippen LogP contribution is 2.44. The first-order chi connectivity index (χ1) is 7.36. The van der Waals surface area contributed by atoms with Crippen molar-refractivity contribution < 1.29 is 0 Å². The first kappa shape index (κ1) is 9.13. The molecule has 3 rings (SSSR count). The van der Waals surface area contributed by atoms with Gasteiger partial charge in [-0.2, -0.15) is 0 Å². The number of nitrogen functional groups attached to an aromatic ring is 1. The maximum atomic E-state index is 5.91. The number of fused-ring (bicyclic) bond motifs is 3. The SMILES string of the molecule is Nc1ncnc2c1CC[C@@H]1CCCC[C@@H]21. The summed E-state index contributed by atoms with van der Waals surface area (Å²) in [4.78, 5) is 8.57. The molecule has 0 amide bonds. The van der Waals surface area contributed by atoms with E-state index in [-0.39, 0.29) is 0 Å². The Labute approximate surface area is 90.1 Å². The fraction of sp³-hybridized carbons (Fsp3) is 0.667. The molecule has 2 aliphatic carbocycles. The van der Waals surface area contributed by atoms with Gasteiger partial charge in [0.1, 0.15) is 12.1 Å². The molecule has 0 aliphatic heterocycles. The quantitative estimate of drug-likeness (QED) is 0.703. The zero-order valence-electron chi connectivity index (χ0n) is 8.95. The second-order valence-corrected chi connectivity index (χ2v) is 4.81. The van der Waals surface area contributed by atoms with E-state index in [0.717, 1.165) is 12.3 Å². The summed E-state index contributed by atoms with van der Waals surface area (Å²) in [5.74, 6) is 2.25. The van der Waals surface area contributed by atoms with Gasteiger partial charge in [-0.1, -0.05) is 12.8 Å². The van der Waals surface area contributed by atoms with Crippen molar-refractivity contribution in [3.8, 4) is 0 Å². The maximum Gasteiger partial charge on any atom is 0.130 e. The van der Waals surface area contributed by atoms with E-state index in [2.05, 4.69) is 9.97 Å². The Morgan fingerprint density at radius 3 is 2.93 bits per heavy atom. The molecule has 0 saturated heterocycles. The van der Waals surface area contributed by atoms with E-state index in [9.17, 15) is 0 Å². The van der Waals surface area contributed by atoms with Crippen molar-refractivity contribution in [2.24, 2.45) is 5.92 Å². The lowest BCUT2D eigenvalue weighted by atomic mass is 9.70. The van der Waals surface area contributed by atoms with Crippen molar-refractivity contribution in [1.82, 2.24) is 9.97 Å². The highest BCUT2D eigenvalue weighted by molar-refractivity contribution is 5.44. The molecule has 0 spiro atoms. The topological polar surface area (TPSA) is 51.8 Å². The summed E-state index contributed by atoms with van der Waals surface area (Å²) in [5, 5.41) is 0. The molecule has 0 radical (unpaired) electrons. The number of nitrogens with two attached hydrogens (primary N) is 1. The van der Waals surface area contributed by atoms with Crippen molar-refractivity contribution in [1.29, 1.82) is 0 Å². The van der Waals surface area contributed by atoms with Crippen molar-refractivity contribution in [2.45, 2.75) is 44.4 Å². The summed E-state index contributed by atoms with van der Waals surface area (Å²) in [6.07, 6.45) is 9.44. The third-order valence-electron chi connectivity index (χ3n) is 4.04. The minimum absolute atomic E-state index is 0.674. The van der Waals surface area contributed by atoms with Crippen LogP contribution in [0.4, 0.5) is 5.82 Å². The standard InChI is InChI=1S/C12H17N3/c13-12-10-6-5-8-3-1-2-4-9(8)11(10)14-7-15-12/h7-9H,1-6H2,(H2,13,14,15)/t8-,9+/m0/s1. The largest absolute Gasteiger partial charge is 0.383 e. The molecule has 3 heteroatoms. The number of anilines is 1. The van der Waals surface area contributed by atoms with Gasteiger partial charge in [-0.15, -0.1) is 0 Å². The van der Waals surface area contributed by atoms with Crippen molar-refractivity contribution in [3.05, 3.63) is 17.6 Å². The molecule has 1 heterocycles. The van der Waals surface area contributed by atoms with Gasteiger partial charge in [0.15, 0.2) is 0 Å². The van der Waals surface area contributed by atoms with Gasteiger partial charge in [0.25, 0.3) is 0 Å². The third-order valence-corrected chi connectivity index (χ3v) is 4.04. The van der Waals surface area contributed by atoms with Gasteiger partial charge < -0.3 is 5.73 Å². The molecule has 15 heavy (non-hydrogen) atoms. The van der Waals surface area contributed by atoms with Gasteiger partial charge in [0.2, 0.25) is 0 Å². The Kier molecular flexibility index (Phi) is 2.11. The van der Waals surface area contributed by atoms with Gasteiger partial charge in [0.05, 0.1) is 5.69 Å². The van der Waals surface area contributed by atoms with E-state index in [1.54, 1.807) is 6.33 Å². The van der Waals surface area contributed by atoms with Crippen LogP contribution in [0.25, 0.3) is 0 Å². The van der Waals surface area contributed by atoms with Crippen LogP contribution in [0.15, 0.2) is 6.33 Å². The van der Waals surface area contributed by atoms with Crippen LogP contribution in [-0.4, -0.2) is 9.97 Å². The van der Waals surface area contributed by atoms with Crippen molar-refractivity contribution >= 4 is 5.82 Å². The predicted octanol–water partition coefficient (Wildman–Crippen LogP) is 2.28. The van der Waals surface area contributed by atoms with E-state index >= 15 is 0 Å². The second kappa shape index (κ2) is 3.47. The Hall–Kier alpha value is -1.12. The zero-order chi connectivity index (χ0) is 10.3. The van der Waals surface area contributed by atoms with Crippen LogP contribution in [0.1, 0.15) is 49.3 Å². The van der Waals surface area contributed by atoms with Gasteiger partial charge in [0, 0.05) is 11.5 Å². The molecule has 2 aliphatic rings. The van der Waals surface area contributed by atoms with Crippen LogP contribution < -0.4 is 5.73 Å². The van der Waals surface area contributed by atoms with E-state index in [4.69, 9.17) is 5.73 Å². The van der Waals surface area contributed by atoms with Crippen molar-refractivity contribution in [2.75, 3.05) is 5.73 Å². The molecule has 1 aromatic heterocycles. The predicted molar refractivity (Wildman–Crippen MR) is 59.5 cm³/mol. The van der Waals surface area contributed by atoms with E-state index in [1.807, 2.05) is 0 Å². The van der Waals surface area contributed by atoms with E-state index in [1.165, 1.54) is 43.4 Å². The summed E-state index contributed by atoms with van der Waals surface area (Å²) in [6, 6.07) is 0. The number of hydrogen-bond acceptors (Lipinski definition) is 3. The molecule has 2 N–H and O–H groups in total. The normalized spacial score (nSPS) is 29.3. The Morgan fingerprint density at radius 2 is 2.00 bits per heavy atom. The van der Waals surface area contributed by atoms with E-state index in [0.29, 0.717) is 11.7 Å². The number of nitrogens with zero attached hydrogens (tertiary/aromatic N) is 2. The summed E-state index contributed by atoms with van der Waals surface area (Å²) < 4.78 is 0. The minimum Gasteiger partial charge on any atom is -0.383 e. The summed E-state index contributed by atoms with van der Waals surface area (Å²) in [7, 11) is 0. The molecule has 1 fully saturated rings. The average molecular weight is 203 g/mol. The molecule has 1 saturated carbocycles. The third kappa shape index (κ3) is 1.41. The number of aromatic nitrogens is 2. The van der Waals surface area contributed by atoms with Crippen LogP contribution in [0, 0.1) is 5.92 Å². The van der Waals surface area contributed by atoms with Crippen LogP contribution in [0.3, 0.4) is 0 Å². The molecule has 1 aromatic rings. The molecule has 80 valence electrons. The van der Waals surface area contributed by atoms with Crippen LogP contribution in [0.5, 0.6) is 0 Å². The van der Waals surface area contributed by atoms with Crippen LogP contribution in [0.2, 0.25) is 0 Å². The molecular weight excluding hydrogens is 186 g/mol. The van der Waals surface area contributed by atoms with Crippen molar-refractivity contribution in [3.63, 3.8) is 0 Å². The molecule has 0 aromatic carbocycles.